The predicted octanol–water partition coefficient (Wildman–Crippen LogP) is 3.67. The Kier molecular flexibility index (Phi) is 6.02. The molecule has 0 saturated carbocycles. The van der Waals surface area contributed by atoms with E-state index < -0.39 is 11.9 Å². The number of benzene rings is 1. The summed E-state index contributed by atoms with van der Waals surface area (Å²) in [5.41, 5.74) is 0.810. The fraction of sp³-hybridized carbons (Fsp3) is 0.429. The highest BCUT2D eigenvalue weighted by molar-refractivity contribution is 9.10. The van der Waals surface area contributed by atoms with Crippen LogP contribution in [-0.4, -0.2) is 23.7 Å². The summed E-state index contributed by atoms with van der Waals surface area (Å²) in [7, 11) is 0. The molecular weight excluding hydrogens is 312 g/mol. The highest BCUT2D eigenvalue weighted by Gasteiger charge is 2.22. The Bertz CT molecular complexity index is 483. The number of hydrogen-bond acceptors (Lipinski definition) is 3. The van der Waals surface area contributed by atoms with Crippen molar-refractivity contribution in [1.82, 2.24) is 0 Å². The molecule has 0 aliphatic carbocycles. The topological polar surface area (TPSA) is 63.6 Å². The molecule has 4 nitrogen and oxygen atoms in total. The number of aromatic carboxylic acids is 1. The predicted molar refractivity (Wildman–Crippen MR) is 75.7 cm³/mol. The molecule has 0 amide bonds. The van der Waals surface area contributed by atoms with E-state index in [0.29, 0.717) is 16.5 Å². The first-order valence-electron chi connectivity index (χ1n) is 6.24. The quantitative estimate of drug-likeness (QED) is 0.809. The van der Waals surface area contributed by atoms with Gasteiger partial charge in [0.1, 0.15) is 0 Å². The standard InChI is InChI=1S/C14H17BrO4/c1-3-5-6-9-11(15)8-7-10(12(9)13(16)17)14(18)19-4-2/h7-8H,3-6H2,1-2H3,(H,16,17). The molecule has 0 aliphatic heterocycles. The Hall–Kier alpha value is -1.36. The molecule has 104 valence electrons. The Morgan fingerprint density at radius 3 is 2.53 bits per heavy atom. The fourth-order valence-electron chi connectivity index (χ4n) is 1.84. The molecule has 0 saturated heterocycles. The lowest BCUT2D eigenvalue weighted by Crippen LogP contribution is -2.14. The van der Waals surface area contributed by atoms with E-state index >= 15 is 0 Å². The number of carbonyl (C=O) groups excluding carboxylic acids is 1. The maximum absolute atomic E-state index is 11.8. The Morgan fingerprint density at radius 1 is 1.32 bits per heavy atom. The summed E-state index contributed by atoms with van der Waals surface area (Å²) in [6.07, 6.45) is 2.44. The number of halogens is 1. The van der Waals surface area contributed by atoms with Crippen molar-refractivity contribution in [3.05, 3.63) is 33.3 Å². The first-order valence-corrected chi connectivity index (χ1v) is 7.04. The van der Waals surface area contributed by atoms with E-state index in [4.69, 9.17) is 4.74 Å². The van der Waals surface area contributed by atoms with Crippen molar-refractivity contribution in [2.45, 2.75) is 33.1 Å². The summed E-state index contributed by atoms with van der Waals surface area (Å²) in [6.45, 7) is 3.94. The van der Waals surface area contributed by atoms with E-state index in [1.807, 2.05) is 6.92 Å². The Labute approximate surface area is 120 Å². The van der Waals surface area contributed by atoms with Gasteiger partial charge in [0.15, 0.2) is 0 Å². The number of carboxylic acids is 1. The van der Waals surface area contributed by atoms with Crippen LogP contribution in [0.5, 0.6) is 0 Å². The Morgan fingerprint density at radius 2 is 2.00 bits per heavy atom. The van der Waals surface area contributed by atoms with Crippen molar-refractivity contribution in [2.75, 3.05) is 6.61 Å². The second-order valence-corrected chi connectivity index (χ2v) is 4.93. The minimum atomic E-state index is -1.10. The average molecular weight is 329 g/mol. The van der Waals surface area contributed by atoms with Gasteiger partial charge in [-0.3, -0.25) is 0 Å². The summed E-state index contributed by atoms with van der Waals surface area (Å²) < 4.78 is 5.61. The molecule has 0 fully saturated rings. The third kappa shape index (κ3) is 3.80. The third-order valence-corrected chi connectivity index (χ3v) is 3.49. The number of rotatable bonds is 6. The van der Waals surface area contributed by atoms with Crippen LogP contribution in [-0.2, 0) is 11.2 Å². The van der Waals surface area contributed by atoms with E-state index in [2.05, 4.69) is 15.9 Å². The molecule has 0 unspecified atom stereocenters. The zero-order chi connectivity index (χ0) is 14.4. The van der Waals surface area contributed by atoms with Crippen LogP contribution in [0.2, 0.25) is 0 Å². The SMILES string of the molecule is CCCCc1c(Br)ccc(C(=O)OCC)c1C(=O)O. The summed E-state index contributed by atoms with van der Waals surface area (Å²) in [6, 6.07) is 3.19. The normalized spacial score (nSPS) is 10.3. The smallest absolute Gasteiger partial charge is 0.339 e. The fourth-order valence-corrected chi connectivity index (χ4v) is 2.37. The van der Waals surface area contributed by atoms with Crippen LogP contribution >= 0.6 is 15.9 Å². The molecule has 0 bridgehead atoms. The van der Waals surface area contributed by atoms with Crippen LogP contribution in [0, 0.1) is 0 Å². The van der Waals surface area contributed by atoms with Crippen molar-refractivity contribution >= 4 is 27.9 Å². The van der Waals surface area contributed by atoms with Gasteiger partial charge in [-0.05, 0) is 37.5 Å². The first kappa shape index (κ1) is 15.7. The van der Waals surface area contributed by atoms with Crippen LogP contribution in [0.3, 0.4) is 0 Å². The van der Waals surface area contributed by atoms with E-state index in [9.17, 15) is 14.7 Å². The second-order valence-electron chi connectivity index (χ2n) is 4.08. The molecule has 0 aliphatic rings. The molecule has 1 aromatic rings. The molecule has 0 spiro atoms. The van der Waals surface area contributed by atoms with Crippen LogP contribution in [0.4, 0.5) is 0 Å². The van der Waals surface area contributed by atoms with Crippen molar-refractivity contribution in [2.24, 2.45) is 0 Å². The van der Waals surface area contributed by atoms with Crippen LogP contribution < -0.4 is 0 Å². The van der Waals surface area contributed by atoms with Crippen LogP contribution in [0.25, 0.3) is 0 Å². The molecule has 19 heavy (non-hydrogen) atoms. The van der Waals surface area contributed by atoms with Gasteiger partial charge in [-0.2, -0.15) is 0 Å². The Balaban J connectivity index is 3.32. The van der Waals surface area contributed by atoms with Crippen LogP contribution in [0.15, 0.2) is 16.6 Å². The van der Waals surface area contributed by atoms with Crippen molar-refractivity contribution in [3.8, 4) is 0 Å². The highest BCUT2D eigenvalue weighted by atomic mass is 79.9. The van der Waals surface area contributed by atoms with Crippen molar-refractivity contribution in [1.29, 1.82) is 0 Å². The second kappa shape index (κ2) is 7.28. The van der Waals surface area contributed by atoms with Gasteiger partial charge in [0.05, 0.1) is 17.7 Å². The number of carbonyl (C=O) groups is 2. The molecular formula is C14H17BrO4. The van der Waals surface area contributed by atoms with Crippen molar-refractivity contribution < 1.29 is 19.4 Å². The lowest BCUT2D eigenvalue weighted by atomic mass is 9.97. The summed E-state index contributed by atoms with van der Waals surface area (Å²) in [4.78, 5) is 23.2. The average Bonchev–Trinajstić information content (AvgIpc) is 2.36. The van der Waals surface area contributed by atoms with E-state index in [0.717, 1.165) is 12.8 Å². The number of carboxylic acid groups (broad SMARTS) is 1. The van der Waals surface area contributed by atoms with Crippen LogP contribution in [0.1, 0.15) is 53.0 Å². The molecule has 0 heterocycles. The van der Waals surface area contributed by atoms with Gasteiger partial charge in [-0.1, -0.05) is 29.3 Å². The maximum Gasteiger partial charge on any atom is 0.339 e. The van der Waals surface area contributed by atoms with Crippen molar-refractivity contribution in [3.63, 3.8) is 0 Å². The van der Waals surface area contributed by atoms with Gasteiger partial charge >= 0.3 is 11.9 Å². The number of hydrogen-bond donors (Lipinski definition) is 1. The summed E-state index contributed by atoms with van der Waals surface area (Å²) in [5.74, 6) is -1.69. The lowest BCUT2D eigenvalue weighted by molar-refractivity contribution is 0.0514. The highest BCUT2D eigenvalue weighted by Crippen LogP contribution is 2.26. The van der Waals surface area contributed by atoms with E-state index in [1.54, 1.807) is 13.0 Å². The van der Waals surface area contributed by atoms with Gasteiger partial charge in [0.25, 0.3) is 0 Å². The largest absolute Gasteiger partial charge is 0.478 e. The summed E-state index contributed by atoms with van der Waals surface area (Å²) >= 11 is 3.35. The molecule has 1 rings (SSSR count). The molecule has 0 aromatic heterocycles. The minimum Gasteiger partial charge on any atom is -0.478 e. The van der Waals surface area contributed by atoms with E-state index in [1.165, 1.54) is 6.07 Å². The molecule has 1 N–H and O–H groups in total. The molecule has 0 atom stereocenters. The number of ether oxygens (including phenoxy) is 1. The maximum atomic E-state index is 11.8. The van der Waals surface area contributed by atoms with Gasteiger partial charge < -0.3 is 9.84 Å². The van der Waals surface area contributed by atoms with Gasteiger partial charge in [0.2, 0.25) is 0 Å². The molecule has 1 aromatic carbocycles. The molecule has 0 radical (unpaired) electrons. The number of unbranched alkanes of at least 4 members (excludes halogenated alkanes) is 1. The summed E-state index contributed by atoms with van der Waals surface area (Å²) in [5, 5.41) is 9.36. The van der Waals surface area contributed by atoms with Gasteiger partial charge in [-0.25, -0.2) is 9.59 Å². The van der Waals surface area contributed by atoms with E-state index in [-0.39, 0.29) is 17.7 Å². The minimum absolute atomic E-state index is 0.0428. The number of esters is 1. The zero-order valence-electron chi connectivity index (χ0n) is 11.0. The van der Waals surface area contributed by atoms with Gasteiger partial charge in [0, 0.05) is 4.47 Å². The molecule has 5 heteroatoms. The monoisotopic (exact) mass is 328 g/mol. The van der Waals surface area contributed by atoms with Gasteiger partial charge in [-0.15, -0.1) is 0 Å². The first-order chi connectivity index (χ1) is 9.02. The lowest BCUT2D eigenvalue weighted by Gasteiger charge is -2.12. The third-order valence-electron chi connectivity index (χ3n) is 2.75. The zero-order valence-corrected chi connectivity index (χ0v) is 12.6.